The van der Waals surface area contributed by atoms with Gasteiger partial charge in [0.1, 0.15) is 11.5 Å². The number of benzene rings is 1. The molecule has 0 bridgehead atoms. The van der Waals surface area contributed by atoms with Crippen LogP contribution < -0.4 is 21.9 Å². The average Bonchev–Trinajstić information content (AvgIpc) is 3.21. The normalized spacial score (nSPS) is 22.9. The minimum Gasteiger partial charge on any atom is -0.463 e. The van der Waals surface area contributed by atoms with E-state index in [-0.39, 0.29) is 5.91 Å². The quantitative estimate of drug-likeness (QED) is 0.597. The summed E-state index contributed by atoms with van der Waals surface area (Å²) in [4.78, 5) is 12.6. The molecule has 116 valence electrons. The van der Waals surface area contributed by atoms with Crippen LogP contribution in [0.1, 0.15) is 17.7 Å². The molecule has 8 heteroatoms. The van der Waals surface area contributed by atoms with Gasteiger partial charge in [-0.05, 0) is 24.3 Å². The molecule has 4 rings (SSSR count). The summed E-state index contributed by atoms with van der Waals surface area (Å²) in [5.41, 5.74) is 12.3. The zero-order valence-corrected chi connectivity index (χ0v) is 12.0. The van der Waals surface area contributed by atoms with Crippen molar-refractivity contribution in [2.24, 2.45) is 10.2 Å². The van der Waals surface area contributed by atoms with Crippen LogP contribution in [-0.2, 0) is 4.79 Å². The molecular weight excluding hydrogens is 296 g/mol. The molecule has 0 saturated carbocycles. The van der Waals surface area contributed by atoms with Gasteiger partial charge in [0, 0.05) is 17.7 Å². The zero-order chi connectivity index (χ0) is 15.9. The summed E-state index contributed by atoms with van der Waals surface area (Å²) < 4.78 is 5.31. The number of amides is 1. The average molecular weight is 310 g/mol. The third-order valence-corrected chi connectivity index (χ3v) is 3.81. The standard InChI is InChI=1S/C15H14N6O2/c16-10-5-2-1-4-9(10)13-17-14(22)15(21-19-13)8-11(18-20-15)12-6-3-7-23-12/h1-7,20-21H,8,16H2,(H,17,19,22). The lowest BCUT2D eigenvalue weighted by atomic mass is 10.0. The molecule has 1 atom stereocenters. The van der Waals surface area contributed by atoms with E-state index >= 15 is 0 Å². The second-order valence-corrected chi connectivity index (χ2v) is 5.34. The maximum atomic E-state index is 12.6. The van der Waals surface area contributed by atoms with Crippen molar-refractivity contribution >= 4 is 23.1 Å². The van der Waals surface area contributed by atoms with Crippen molar-refractivity contribution in [2.45, 2.75) is 12.1 Å². The molecule has 3 heterocycles. The predicted molar refractivity (Wildman–Crippen MR) is 84.4 cm³/mol. The summed E-state index contributed by atoms with van der Waals surface area (Å²) in [7, 11) is 0. The first-order valence-corrected chi connectivity index (χ1v) is 7.07. The van der Waals surface area contributed by atoms with E-state index in [9.17, 15) is 4.79 Å². The molecule has 2 aliphatic rings. The van der Waals surface area contributed by atoms with Crippen molar-refractivity contribution in [2.75, 3.05) is 5.73 Å². The smallest absolute Gasteiger partial charge is 0.275 e. The van der Waals surface area contributed by atoms with Gasteiger partial charge in [0.05, 0.1) is 6.26 Å². The van der Waals surface area contributed by atoms with Gasteiger partial charge < -0.3 is 15.5 Å². The largest absolute Gasteiger partial charge is 0.463 e. The Morgan fingerprint density at radius 1 is 1.13 bits per heavy atom. The number of hydrogen-bond donors (Lipinski definition) is 4. The minimum absolute atomic E-state index is 0.281. The molecule has 2 aliphatic heterocycles. The molecule has 1 spiro atoms. The minimum atomic E-state index is -1.12. The third-order valence-electron chi connectivity index (χ3n) is 3.81. The van der Waals surface area contributed by atoms with Gasteiger partial charge in [0.2, 0.25) is 5.66 Å². The highest BCUT2D eigenvalue weighted by Crippen LogP contribution is 2.22. The Hall–Kier alpha value is -3.29. The van der Waals surface area contributed by atoms with E-state index in [1.165, 1.54) is 0 Å². The van der Waals surface area contributed by atoms with E-state index in [1.807, 2.05) is 12.1 Å². The molecule has 2 aromatic rings. The van der Waals surface area contributed by atoms with Crippen LogP contribution in [0.3, 0.4) is 0 Å². The number of nitrogens with two attached hydrogens (primary N) is 1. The first-order valence-electron chi connectivity index (χ1n) is 7.07. The van der Waals surface area contributed by atoms with Gasteiger partial charge in [0.25, 0.3) is 5.91 Å². The van der Waals surface area contributed by atoms with E-state index in [4.69, 9.17) is 10.2 Å². The molecular formula is C15H14N6O2. The molecule has 1 unspecified atom stereocenters. The van der Waals surface area contributed by atoms with E-state index in [0.29, 0.717) is 35.0 Å². The van der Waals surface area contributed by atoms with Crippen LogP contribution >= 0.6 is 0 Å². The van der Waals surface area contributed by atoms with Crippen LogP contribution in [0.25, 0.3) is 0 Å². The number of rotatable bonds is 2. The summed E-state index contributed by atoms with van der Waals surface area (Å²) in [6.45, 7) is 0. The number of nitrogen functional groups attached to an aromatic ring is 1. The highest BCUT2D eigenvalue weighted by atomic mass is 16.3. The monoisotopic (exact) mass is 310 g/mol. The number of amidine groups is 1. The number of nitrogens with one attached hydrogen (secondary N) is 3. The number of hydrogen-bond acceptors (Lipinski definition) is 7. The van der Waals surface area contributed by atoms with Crippen molar-refractivity contribution in [3.63, 3.8) is 0 Å². The van der Waals surface area contributed by atoms with Gasteiger partial charge in [-0.2, -0.15) is 10.2 Å². The molecule has 1 aromatic carbocycles. The van der Waals surface area contributed by atoms with Crippen molar-refractivity contribution in [1.29, 1.82) is 0 Å². The number of nitrogens with zero attached hydrogens (tertiary/aromatic N) is 2. The number of carbonyl (C=O) groups excluding carboxylic acids is 1. The van der Waals surface area contributed by atoms with Crippen molar-refractivity contribution in [1.82, 2.24) is 16.2 Å². The summed E-state index contributed by atoms with van der Waals surface area (Å²) in [5, 5.41) is 11.2. The maximum Gasteiger partial charge on any atom is 0.275 e. The fourth-order valence-corrected chi connectivity index (χ4v) is 2.56. The number of hydrazone groups is 2. The van der Waals surface area contributed by atoms with Crippen LogP contribution in [0.5, 0.6) is 0 Å². The van der Waals surface area contributed by atoms with Crippen LogP contribution in [0.2, 0.25) is 0 Å². The molecule has 8 nitrogen and oxygen atoms in total. The number of furan rings is 1. The second kappa shape index (κ2) is 4.87. The van der Waals surface area contributed by atoms with Gasteiger partial charge in [-0.1, -0.05) is 12.1 Å². The predicted octanol–water partition coefficient (Wildman–Crippen LogP) is 0.337. The fraction of sp³-hybridized carbons (Fsp3) is 0.133. The molecule has 0 radical (unpaired) electrons. The molecule has 0 fully saturated rings. The summed E-state index contributed by atoms with van der Waals surface area (Å²) >= 11 is 0. The van der Waals surface area contributed by atoms with E-state index in [1.54, 1.807) is 30.5 Å². The summed E-state index contributed by atoms with van der Waals surface area (Å²) in [5.74, 6) is 0.717. The van der Waals surface area contributed by atoms with Crippen molar-refractivity contribution in [3.8, 4) is 0 Å². The lowest BCUT2D eigenvalue weighted by molar-refractivity contribution is -0.127. The number of anilines is 1. The first-order chi connectivity index (χ1) is 11.2. The van der Waals surface area contributed by atoms with Gasteiger partial charge in [0.15, 0.2) is 5.84 Å². The highest BCUT2D eigenvalue weighted by molar-refractivity contribution is 6.15. The topological polar surface area (TPSA) is 117 Å². The Morgan fingerprint density at radius 2 is 1.96 bits per heavy atom. The Bertz CT molecular complexity index is 826. The Balaban J connectivity index is 1.59. The lowest BCUT2D eigenvalue weighted by Crippen LogP contribution is -2.65. The highest BCUT2D eigenvalue weighted by Gasteiger charge is 2.47. The van der Waals surface area contributed by atoms with Crippen LogP contribution in [-0.4, -0.2) is 23.1 Å². The fourth-order valence-electron chi connectivity index (χ4n) is 2.56. The number of para-hydroxylation sites is 1. The van der Waals surface area contributed by atoms with Gasteiger partial charge in [-0.25, -0.2) is 0 Å². The first kappa shape index (κ1) is 13.4. The Morgan fingerprint density at radius 3 is 2.70 bits per heavy atom. The molecule has 0 saturated heterocycles. The third kappa shape index (κ3) is 2.11. The molecule has 5 N–H and O–H groups in total. The lowest BCUT2D eigenvalue weighted by Gasteiger charge is -2.31. The van der Waals surface area contributed by atoms with E-state index in [0.717, 1.165) is 0 Å². The van der Waals surface area contributed by atoms with E-state index in [2.05, 4.69) is 26.4 Å². The Kier molecular flexibility index (Phi) is 2.83. The summed E-state index contributed by atoms with van der Waals surface area (Å²) in [6.07, 6.45) is 1.87. The van der Waals surface area contributed by atoms with Crippen molar-refractivity contribution < 1.29 is 9.21 Å². The van der Waals surface area contributed by atoms with Crippen LogP contribution in [0.4, 0.5) is 5.69 Å². The molecule has 23 heavy (non-hydrogen) atoms. The SMILES string of the molecule is Nc1ccccc1C1=NNC2(CC(c3ccco3)=NN2)C(=O)N1. The molecule has 1 amide bonds. The van der Waals surface area contributed by atoms with Gasteiger partial charge in [-0.3, -0.25) is 15.6 Å². The van der Waals surface area contributed by atoms with Gasteiger partial charge >= 0.3 is 0 Å². The Labute approximate surface area is 131 Å². The summed E-state index contributed by atoms with van der Waals surface area (Å²) in [6, 6.07) is 10.8. The number of carbonyl (C=O) groups is 1. The van der Waals surface area contributed by atoms with Gasteiger partial charge in [-0.15, -0.1) is 0 Å². The van der Waals surface area contributed by atoms with Crippen LogP contribution in [0.15, 0.2) is 57.3 Å². The molecule has 1 aromatic heterocycles. The maximum absolute atomic E-state index is 12.6. The molecule has 0 aliphatic carbocycles. The van der Waals surface area contributed by atoms with Crippen LogP contribution in [0, 0.1) is 0 Å². The van der Waals surface area contributed by atoms with Crippen molar-refractivity contribution in [3.05, 3.63) is 54.0 Å². The zero-order valence-electron chi connectivity index (χ0n) is 12.0. The second-order valence-electron chi connectivity index (χ2n) is 5.34. The van der Waals surface area contributed by atoms with E-state index < -0.39 is 5.66 Å².